The fraction of sp³-hybridized carbons (Fsp3) is 0.667. The highest BCUT2D eigenvalue weighted by Gasteiger charge is 2.16. The van der Waals surface area contributed by atoms with Gasteiger partial charge in [0.25, 0.3) is 0 Å². The second-order valence-electron chi connectivity index (χ2n) is 5.37. The van der Waals surface area contributed by atoms with Crippen LogP contribution in [0.25, 0.3) is 0 Å². The van der Waals surface area contributed by atoms with Gasteiger partial charge in [-0.1, -0.05) is 6.92 Å². The zero-order chi connectivity index (χ0) is 13.2. The molecule has 0 aliphatic rings. The molecular formula is C12H20N6. The predicted molar refractivity (Wildman–Crippen MR) is 68.1 cm³/mol. The third kappa shape index (κ3) is 2.94. The van der Waals surface area contributed by atoms with Gasteiger partial charge in [0.15, 0.2) is 5.82 Å². The molecule has 18 heavy (non-hydrogen) atoms. The second-order valence-corrected chi connectivity index (χ2v) is 5.37. The first kappa shape index (κ1) is 12.7. The van der Waals surface area contributed by atoms with Crippen molar-refractivity contribution in [3.63, 3.8) is 0 Å². The summed E-state index contributed by atoms with van der Waals surface area (Å²) in [6.45, 7) is 9.11. The SMILES string of the molecule is CCc1cn(CCc2nnn(C(C)(C)C)n2)cn1. The molecule has 0 amide bonds. The molecule has 0 bridgehead atoms. The van der Waals surface area contributed by atoms with Crippen molar-refractivity contribution in [2.45, 2.75) is 52.6 Å². The first-order valence-electron chi connectivity index (χ1n) is 6.29. The summed E-state index contributed by atoms with van der Waals surface area (Å²) in [5.74, 6) is 0.775. The van der Waals surface area contributed by atoms with Gasteiger partial charge in [0.2, 0.25) is 0 Å². The van der Waals surface area contributed by atoms with E-state index < -0.39 is 0 Å². The fourth-order valence-electron chi connectivity index (χ4n) is 1.57. The van der Waals surface area contributed by atoms with E-state index in [2.05, 4.69) is 58.9 Å². The van der Waals surface area contributed by atoms with Crippen molar-refractivity contribution in [1.82, 2.24) is 29.8 Å². The third-order valence-electron chi connectivity index (χ3n) is 2.70. The van der Waals surface area contributed by atoms with Crippen molar-refractivity contribution in [3.8, 4) is 0 Å². The van der Waals surface area contributed by atoms with Crippen LogP contribution >= 0.6 is 0 Å². The van der Waals surface area contributed by atoms with Gasteiger partial charge in [-0.05, 0) is 32.4 Å². The van der Waals surface area contributed by atoms with Gasteiger partial charge in [-0.15, -0.1) is 10.2 Å². The van der Waals surface area contributed by atoms with Crippen LogP contribution in [0, 0.1) is 0 Å². The molecule has 0 aromatic carbocycles. The van der Waals surface area contributed by atoms with Crippen LogP contribution < -0.4 is 0 Å². The van der Waals surface area contributed by atoms with Crippen molar-refractivity contribution in [3.05, 3.63) is 24.0 Å². The molecule has 6 heteroatoms. The molecule has 0 unspecified atom stereocenters. The quantitative estimate of drug-likeness (QED) is 0.821. The van der Waals surface area contributed by atoms with Gasteiger partial charge in [0, 0.05) is 19.2 Å². The highest BCUT2D eigenvalue weighted by Crippen LogP contribution is 2.09. The van der Waals surface area contributed by atoms with Crippen LogP contribution in [-0.2, 0) is 24.9 Å². The molecule has 0 atom stereocenters. The molecule has 0 saturated heterocycles. The van der Waals surface area contributed by atoms with E-state index in [4.69, 9.17) is 0 Å². The van der Waals surface area contributed by atoms with Gasteiger partial charge in [-0.25, -0.2) is 4.98 Å². The Morgan fingerprint density at radius 2 is 2.06 bits per heavy atom. The summed E-state index contributed by atoms with van der Waals surface area (Å²) in [6, 6.07) is 0. The van der Waals surface area contributed by atoms with E-state index in [1.165, 1.54) is 0 Å². The number of tetrazole rings is 1. The summed E-state index contributed by atoms with van der Waals surface area (Å²) in [7, 11) is 0. The van der Waals surface area contributed by atoms with E-state index in [0.717, 1.165) is 30.9 Å². The maximum Gasteiger partial charge on any atom is 0.176 e. The molecule has 0 N–H and O–H groups in total. The normalized spacial score (nSPS) is 12.0. The summed E-state index contributed by atoms with van der Waals surface area (Å²) < 4.78 is 2.07. The first-order valence-corrected chi connectivity index (χ1v) is 6.29. The Morgan fingerprint density at radius 1 is 1.28 bits per heavy atom. The molecule has 2 heterocycles. The minimum Gasteiger partial charge on any atom is -0.337 e. The molecular weight excluding hydrogens is 228 g/mol. The van der Waals surface area contributed by atoms with Crippen LogP contribution in [0.5, 0.6) is 0 Å². The van der Waals surface area contributed by atoms with E-state index >= 15 is 0 Å². The first-order chi connectivity index (χ1) is 8.49. The zero-order valence-electron chi connectivity index (χ0n) is 11.5. The number of imidazole rings is 1. The molecule has 0 radical (unpaired) electrons. The van der Waals surface area contributed by atoms with Crippen LogP contribution in [0.1, 0.15) is 39.2 Å². The Morgan fingerprint density at radius 3 is 2.61 bits per heavy atom. The van der Waals surface area contributed by atoms with Crippen LogP contribution in [0.2, 0.25) is 0 Å². The monoisotopic (exact) mass is 248 g/mol. The van der Waals surface area contributed by atoms with E-state index in [-0.39, 0.29) is 5.54 Å². The van der Waals surface area contributed by atoms with Crippen molar-refractivity contribution in [2.24, 2.45) is 0 Å². The van der Waals surface area contributed by atoms with Gasteiger partial charge in [0.05, 0.1) is 17.6 Å². The topological polar surface area (TPSA) is 61.4 Å². The number of hydrogen-bond donors (Lipinski definition) is 0. The summed E-state index contributed by atoms with van der Waals surface area (Å²) in [5.41, 5.74) is 0.997. The van der Waals surface area contributed by atoms with Crippen LogP contribution in [0.15, 0.2) is 12.5 Å². The maximum absolute atomic E-state index is 4.38. The predicted octanol–water partition coefficient (Wildman–Crippen LogP) is 1.43. The molecule has 98 valence electrons. The van der Waals surface area contributed by atoms with Crippen LogP contribution in [0.4, 0.5) is 0 Å². The Kier molecular flexibility index (Phi) is 3.45. The number of rotatable bonds is 4. The van der Waals surface area contributed by atoms with Gasteiger partial charge < -0.3 is 4.57 Å². The van der Waals surface area contributed by atoms with Gasteiger partial charge in [0.1, 0.15) is 0 Å². The molecule has 0 fully saturated rings. The molecule has 2 aromatic heterocycles. The standard InChI is InChI=1S/C12H20N6/c1-5-10-8-17(9-13-10)7-6-11-14-16-18(15-11)12(2,3)4/h8-9H,5-7H2,1-4H3. The fourth-order valence-corrected chi connectivity index (χ4v) is 1.57. The van der Waals surface area contributed by atoms with Gasteiger partial charge in [-0.3, -0.25) is 0 Å². The number of nitrogens with zero attached hydrogens (tertiary/aromatic N) is 6. The minimum absolute atomic E-state index is 0.115. The highest BCUT2D eigenvalue weighted by atomic mass is 15.6. The van der Waals surface area contributed by atoms with Crippen molar-refractivity contribution >= 4 is 0 Å². The lowest BCUT2D eigenvalue weighted by Crippen LogP contribution is -2.24. The number of hydrogen-bond acceptors (Lipinski definition) is 4. The average Bonchev–Trinajstić information content (AvgIpc) is 2.94. The molecule has 0 aliphatic carbocycles. The highest BCUT2D eigenvalue weighted by molar-refractivity contribution is 4.96. The molecule has 0 saturated carbocycles. The van der Waals surface area contributed by atoms with E-state index in [1.54, 1.807) is 4.80 Å². The summed E-state index contributed by atoms with van der Waals surface area (Å²) >= 11 is 0. The maximum atomic E-state index is 4.38. The van der Waals surface area contributed by atoms with Gasteiger partial charge >= 0.3 is 0 Å². The summed E-state index contributed by atoms with van der Waals surface area (Å²) in [4.78, 5) is 5.95. The summed E-state index contributed by atoms with van der Waals surface area (Å²) in [5, 5.41) is 12.5. The van der Waals surface area contributed by atoms with Crippen LogP contribution in [0.3, 0.4) is 0 Å². The van der Waals surface area contributed by atoms with Crippen molar-refractivity contribution in [1.29, 1.82) is 0 Å². The van der Waals surface area contributed by atoms with Crippen LogP contribution in [-0.4, -0.2) is 29.8 Å². The summed E-state index contributed by atoms with van der Waals surface area (Å²) in [6.07, 6.45) is 5.66. The average molecular weight is 248 g/mol. The van der Waals surface area contributed by atoms with Gasteiger partial charge in [-0.2, -0.15) is 4.80 Å². The number of aromatic nitrogens is 6. The molecule has 2 rings (SSSR count). The van der Waals surface area contributed by atoms with E-state index in [9.17, 15) is 0 Å². The van der Waals surface area contributed by atoms with Crippen molar-refractivity contribution < 1.29 is 0 Å². The lowest BCUT2D eigenvalue weighted by atomic mass is 10.1. The van der Waals surface area contributed by atoms with E-state index in [1.807, 2.05) is 6.33 Å². The van der Waals surface area contributed by atoms with Crippen molar-refractivity contribution in [2.75, 3.05) is 0 Å². The third-order valence-corrected chi connectivity index (χ3v) is 2.70. The Balaban J connectivity index is 1.96. The lowest BCUT2D eigenvalue weighted by molar-refractivity contribution is 0.305. The molecule has 0 aliphatic heterocycles. The molecule has 6 nitrogen and oxygen atoms in total. The molecule has 2 aromatic rings. The Labute approximate surface area is 107 Å². The lowest BCUT2D eigenvalue weighted by Gasteiger charge is -2.15. The molecule has 0 spiro atoms. The smallest absolute Gasteiger partial charge is 0.176 e. The number of aryl methyl sites for hydroxylation is 3. The van der Waals surface area contributed by atoms with E-state index in [0.29, 0.717) is 0 Å². The largest absolute Gasteiger partial charge is 0.337 e. The Bertz CT molecular complexity index is 505. The minimum atomic E-state index is -0.115. The second kappa shape index (κ2) is 4.88. The zero-order valence-corrected chi connectivity index (χ0v) is 11.5. The Hall–Kier alpha value is -1.72.